The molecule has 22 heavy (non-hydrogen) atoms. The lowest BCUT2D eigenvalue weighted by Gasteiger charge is -2.10. The zero-order valence-corrected chi connectivity index (χ0v) is 13.7. The monoisotopic (exact) mass is 308 g/mol. The van der Waals surface area contributed by atoms with Crippen LogP contribution in [0.25, 0.3) is 0 Å². The summed E-state index contributed by atoms with van der Waals surface area (Å²) in [5.74, 6) is 0.505. The molecule has 0 aliphatic heterocycles. The molecular weight excluding hydrogens is 280 g/mol. The fourth-order valence-electron chi connectivity index (χ4n) is 1.86. The first-order valence-corrected chi connectivity index (χ1v) is 8.07. The van der Waals surface area contributed by atoms with Gasteiger partial charge in [0.2, 0.25) is 0 Å². The van der Waals surface area contributed by atoms with Gasteiger partial charge < -0.3 is 20.5 Å². The molecule has 0 fully saturated rings. The summed E-state index contributed by atoms with van der Waals surface area (Å²) >= 11 is 0. The summed E-state index contributed by atoms with van der Waals surface area (Å²) in [7, 11) is 0. The number of carbonyl (C=O) groups is 1. The van der Waals surface area contributed by atoms with Crippen LogP contribution in [0.1, 0.15) is 49.9 Å². The second-order valence-electron chi connectivity index (χ2n) is 5.18. The molecule has 0 aliphatic carbocycles. The van der Waals surface area contributed by atoms with Crippen LogP contribution in [0.15, 0.2) is 18.2 Å². The Bertz CT molecular complexity index is 450. The fourth-order valence-corrected chi connectivity index (χ4v) is 1.86. The summed E-state index contributed by atoms with van der Waals surface area (Å²) < 4.78 is 10.9. The van der Waals surface area contributed by atoms with Crippen LogP contribution in [-0.2, 0) is 4.74 Å². The van der Waals surface area contributed by atoms with E-state index in [0.29, 0.717) is 36.8 Å². The van der Waals surface area contributed by atoms with Gasteiger partial charge >= 0.3 is 0 Å². The number of hydrogen-bond acceptors (Lipinski definition) is 4. The van der Waals surface area contributed by atoms with Gasteiger partial charge in [0, 0.05) is 25.3 Å². The first-order valence-electron chi connectivity index (χ1n) is 8.07. The summed E-state index contributed by atoms with van der Waals surface area (Å²) in [5.41, 5.74) is 6.94. The average molecular weight is 308 g/mol. The maximum absolute atomic E-state index is 12.0. The van der Waals surface area contributed by atoms with E-state index < -0.39 is 0 Å². The Morgan fingerprint density at radius 3 is 2.59 bits per heavy atom. The molecular formula is C17H28N2O3. The van der Waals surface area contributed by atoms with Crippen LogP contribution in [0.3, 0.4) is 0 Å². The maximum Gasteiger partial charge on any atom is 0.251 e. The van der Waals surface area contributed by atoms with E-state index in [9.17, 15) is 4.79 Å². The second-order valence-corrected chi connectivity index (χ2v) is 5.18. The average Bonchev–Trinajstić information content (AvgIpc) is 2.52. The van der Waals surface area contributed by atoms with E-state index in [-0.39, 0.29) is 5.91 Å². The van der Waals surface area contributed by atoms with E-state index >= 15 is 0 Å². The van der Waals surface area contributed by atoms with Gasteiger partial charge in [-0.2, -0.15) is 0 Å². The van der Waals surface area contributed by atoms with Crippen molar-refractivity contribution in [3.05, 3.63) is 23.8 Å². The van der Waals surface area contributed by atoms with Gasteiger partial charge in [-0.15, -0.1) is 0 Å². The molecule has 0 saturated carbocycles. The molecule has 5 nitrogen and oxygen atoms in total. The lowest BCUT2D eigenvalue weighted by Crippen LogP contribution is -2.25. The number of carbonyl (C=O) groups excluding carboxylic acids is 1. The summed E-state index contributed by atoms with van der Waals surface area (Å²) in [6.07, 6.45) is 3.94. The molecule has 124 valence electrons. The van der Waals surface area contributed by atoms with Gasteiger partial charge in [-0.3, -0.25) is 4.79 Å². The molecule has 0 atom stereocenters. The van der Waals surface area contributed by atoms with Crippen molar-refractivity contribution in [1.82, 2.24) is 5.32 Å². The van der Waals surface area contributed by atoms with Crippen molar-refractivity contribution in [2.45, 2.75) is 39.5 Å². The van der Waals surface area contributed by atoms with Gasteiger partial charge in [-0.1, -0.05) is 20.3 Å². The maximum atomic E-state index is 12.0. The molecule has 3 N–H and O–H groups in total. The Hall–Kier alpha value is -1.75. The normalized spacial score (nSPS) is 10.5. The molecule has 1 aromatic carbocycles. The number of rotatable bonds is 11. The second kappa shape index (κ2) is 10.9. The van der Waals surface area contributed by atoms with Crippen LogP contribution >= 0.6 is 0 Å². The van der Waals surface area contributed by atoms with Gasteiger partial charge in [0.1, 0.15) is 5.75 Å². The number of unbranched alkanes of at least 4 members (excludes halogenated alkanes) is 1. The highest BCUT2D eigenvalue weighted by molar-refractivity contribution is 5.95. The van der Waals surface area contributed by atoms with Crippen LogP contribution in [0, 0.1) is 0 Å². The van der Waals surface area contributed by atoms with E-state index in [0.717, 1.165) is 32.3 Å². The number of hydrogen-bond donors (Lipinski definition) is 2. The number of ether oxygens (including phenoxy) is 2. The summed E-state index contributed by atoms with van der Waals surface area (Å²) in [4.78, 5) is 12.0. The zero-order chi connectivity index (χ0) is 16.2. The minimum atomic E-state index is -0.123. The van der Waals surface area contributed by atoms with Crippen molar-refractivity contribution >= 4 is 11.6 Å². The molecule has 0 bridgehead atoms. The third-order valence-corrected chi connectivity index (χ3v) is 3.13. The molecule has 1 amide bonds. The minimum Gasteiger partial charge on any atom is -0.491 e. The smallest absolute Gasteiger partial charge is 0.251 e. The largest absolute Gasteiger partial charge is 0.491 e. The van der Waals surface area contributed by atoms with Gasteiger partial charge in [-0.25, -0.2) is 0 Å². The Morgan fingerprint density at radius 1 is 1.14 bits per heavy atom. The molecule has 0 unspecified atom stereocenters. The summed E-state index contributed by atoms with van der Waals surface area (Å²) in [6.45, 7) is 6.84. The van der Waals surface area contributed by atoms with Gasteiger partial charge in [0.05, 0.1) is 12.3 Å². The lowest BCUT2D eigenvalue weighted by molar-refractivity contribution is 0.0940. The van der Waals surface area contributed by atoms with Crippen LogP contribution in [0.5, 0.6) is 5.75 Å². The Labute approximate surface area is 133 Å². The quantitative estimate of drug-likeness (QED) is 0.487. The minimum absolute atomic E-state index is 0.123. The van der Waals surface area contributed by atoms with Gasteiger partial charge in [-0.05, 0) is 37.5 Å². The van der Waals surface area contributed by atoms with E-state index in [2.05, 4.69) is 12.2 Å². The highest BCUT2D eigenvalue weighted by Gasteiger charge is 2.08. The standard InChI is InChI=1S/C17H28N2O3/c1-3-5-11-21-12-6-9-19-17(20)14-7-8-16(15(18)13-14)22-10-4-2/h7-8,13H,3-6,9-12,18H2,1-2H3,(H,19,20). The van der Waals surface area contributed by atoms with Crippen molar-refractivity contribution in [3.63, 3.8) is 0 Å². The zero-order valence-electron chi connectivity index (χ0n) is 13.7. The Balaban J connectivity index is 2.31. The van der Waals surface area contributed by atoms with Crippen molar-refractivity contribution in [1.29, 1.82) is 0 Å². The number of nitrogen functional groups attached to an aromatic ring is 1. The van der Waals surface area contributed by atoms with Crippen LogP contribution in [-0.4, -0.2) is 32.3 Å². The van der Waals surface area contributed by atoms with Crippen molar-refractivity contribution in [3.8, 4) is 5.75 Å². The van der Waals surface area contributed by atoms with Gasteiger partial charge in [0.15, 0.2) is 0 Å². The number of anilines is 1. The molecule has 5 heteroatoms. The predicted octanol–water partition coefficient (Wildman–Crippen LogP) is 2.99. The number of nitrogens with one attached hydrogen (secondary N) is 1. The highest BCUT2D eigenvalue weighted by atomic mass is 16.5. The van der Waals surface area contributed by atoms with E-state index in [4.69, 9.17) is 15.2 Å². The molecule has 0 saturated heterocycles. The number of benzene rings is 1. The summed E-state index contributed by atoms with van der Waals surface area (Å²) in [5, 5.41) is 2.86. The number of amides is 1. The van der Waals surface area contributed by atoms with Crippen molar-refractivity contribution in [2.75, 3.05) is 32.1 Å². The SMILES string of the molecule is CCCCOCCCNC(=O)c1ccc(OCCC)c(N)c1. The van der Waals surface area contributed by atoms with Crippen molar-refractivity contribution < 1.29 is 14.3 Å². The molecule has 0 aromatic heterocycles. The lowest BCUT2D eigenvalue weighted by atomic mass is 10.1. The van der Waals surface area contributed by atoms with Crippen LogP contribution < -0.4 is 15.8 Å². The molecule has 0 aliphatic rings. The molecule has 0 heterocycles. The highest BCUT2D eigenvalue weighted by Crippen LogP contribution is 2.22. The van der Waals surface area contributed by atoms with Crippen LogP contribution in [0.2, 0.25) is 0 Å². The number of nitrogens with two attached hydrogens (primary N) is 1. The molecule has 1 rings (SSSR count). The first kappa shape index (κ1) is 18.3. The third-order valence-electron chi connectivity index (χ3n) is 3.13. The molecule has 0 radical (unpaired) electrons. The molecule has 1 aromatic rings. The predicted molar refractivity (Wildman–Crippen MR) is 89.3 cm³/mol. The van der Waals surface area contributed by atoms with Crippen LogP contribution in [0.4, 0.5) is 5.69 Å². The third kappa shape index (κ3) is 6.80. The van der Waals surface area contributed by atoms with E-state index in [1.54, 1.807) is 18.2 Å². The Kier molecular flexibility index (Phi) is 9.07. The van der Waals surface area contributed by atoms with Crippen molar-refractivity contribution in [2.24, 2.45) is 0 Å². The first-order chi connectivity index (χ1) is 10.7. The van der Waals surface area contributed by atoms with E-state index in [1.165, 1.54) is 0 Å². The van der Waals surface area contributed by atoms with Gasteiger partial charge in [0.25, 0.3) is 5.91 Å². The summed E-state index contributed by atoms with van der Waals surface area (Å²) in [6, 6.07) is 5.13. The fraction of sp³-hybridized carbons (Fsp3) is 0.588. The molecule has 0 spiro atoms. The topological polar surface area (TPSA) is 73.6 Å². The van der Waals surface area contributed by atoms with E-state index in [1.807, 2.05) is 6.92 Å². The Morgan fingerprint density at radius 2 is 1.91 bits per heavy atom.